The summed E-state index contributed by atoms with van der Waals surface area (Å²) in [5, 5.41) is 10.9. The average Bonchev–Trinajstić information content (AvgIpc) is 3.21. The number of amides is 2. The van der Waals surface area contributed by atoms with Gasteiger partial charge in [-0.3, -0.25) is 9.59 Å². The van der Waals surface area contributed by atoms with Gasteiger partial charge in [0.2, 0.25) is 5.91 Å². The lowest BCUT2D eigenvalue weighted by atomic mass is 9.75. The molecule has 6 nitrogen and oxygen atoms in total. The van der Waals surface area contributed by atoms with Crippen molar-refractivity contribution < 1.29 is 14.7 Å². The number of benzene rings is 1. The van der Waals surface area contributed by atoms with Crippen molar-refractivity contribution in [3.8, 4) is 0 Å². The fraction of sp³-hybridized carbons (Fsp3) is 0.619. The third-order valence-electron chi connectivity index (χ3n) is 6.59. The largest absolute Gasteiger partial charge is 0.389 e. The lowest BCUT2D eigenvalue weighted by molar-refractivity contribution is -0.143. The number of likely N-dealkylation sites (tertiary alicyclic amines) is 2. The molecule has 2 atom stereocenters. The number of hydrogen-bond donors (Lipinski definition) is 1. The maximum atomic E-state index is 13.0. The number of rotatable bonds is 2. The first kappa shape index (κ1) is 18.3. The standard InChI is InChI=1S/C21H29N3O3/c1-16(25)23-12-8-21(27)9-13-24(15-18(21)14-23)20(26)17-4-6-19(7-5-17)22-10-2-3-11-22/h4-7,18,27H,2-3,8-15H2,1H3. The molecule has 0 spiro atoms. The van der Waals surface area contributed by atoms with Crippen molar-refractivity contribution in [1.82, 2.24) is 9.80 Å². The van der Waals surface area contributed by atoms with E-state index in [-0.39, 0.29) is 17.7 Å². The van der Waals surface area contributed by atoms with Gasteiger partial charge < -0.3 is 19.8 Å². The molecule has 0 bridgehead atoms. The van der Waals surface area contributed by atoms with E-state index >= 15 is 0 Å². The highest BCUT2D eigenvalue weighted by Crippen LogP contribution is 2.36. The summed E-state index contributed by atoms with van der Waals surface area (Å²) in [4.78, 5) is 30.7. The summed E-state index contributed by atoms with van der Waals surface area (Å²) in [6.07, 6.45) is 3.65. The van der Waals surface area contributed by atoms with Gasteiger partial charge in [-0.2, -0.15) is 0 Å². The molecular formula is C21H29N3O3. The van der Waals surface area contributed by atoms with Crippen LogP contribution in [0.15, 0.2) is 24.3 Å². The van der Waals surface area contributed by atoms with Gasteiger partial charge in [0.25, 0.3) is 5.91 Å². The van der Waals surface area contributed by atoms with Gasteiger partial charge in [0.15, 0.2) is 0 Å². The molecule has 3 saturated heterocycles. The molecule has 1 aromatic carbocycles. The molecule has 1 N–H and O–H groups in total. The summed E-state index contributed by atoms with van der Waals surface area (Å²) < 4.78 is 0. The Morgan fingerprint density at radius 1 is 0.963 bits per heavy atom. The van der Waals surface area contributed by atoms with Crippen LogP contribution in [0.5, 0.6) is 0 Å². The minimum absolute atomic E-state index is 0.0185. The number of carbonyl (C=O) groups excluding carboxylic acids is 2. The summed E-state index contributed by atoms with van der Waals surface area (Å²) in [7, 11) is 0. The smallest absolute Gasteiger partial charge is 0.253 e. The van der Waals surface area contributed by atoms with E-state index in [4.69, 9.17) is 0 Å². The molecule has 1 aromatic rings. The maximum absolute atomic E-state index is 13.0. The first-order chi connectivity index (χ1) is 13.0. The van der Waals surface area contributed by atoms with Crippen LogP contribution in [0.2, 0.25) is 0 Å². The predicted octanol–water partition coefficient (Wildman–Crippen LogP) is 1.73. The monoisotopic (exact) mass is 371 g/mol. The van der Waals surface area contributed by atoms with Crippen molar-refractivity contribution in [3.05, 3.63) is 29.8 Å². The second-order valence-electron chi connectivity index (χ2n) is 8.26. The molecule has 27 heavy (non-hydrogen) atoms. The van der Waals surface area contributed by atoms with E-state index < -0.39 is 5.60 Å². The van der Waals surface area contributed by atoms with Crippen molar-refractivity contribution >= 4 is 17.5 Å². The van der Waals surface area contributed by atoms with E-state index in [1.165, 1.54) is 18.5 Å². The van der Waals surface area contributed by atoms with Gasteiger partial charge in [-0.05, 0) is 49.9 Å². The summed E-state index contributed by atoms with van der Waals surface area (Å²) in [5.74, 6) is -0.0142. The zero-order valence-corrected chi connectivity index (χ0v) is 16.1. The van der Waals surface area contributed by atoms with Gasteiger partial charge in [-0.1, -0.05) is 0 Å². The van der Waals surface area contributed by atoms with Crippen molar-refractivity contribution in [2.45, 2.75) is 38.2 Å². The number of piperidine rings is 2. The van der Waals surface area contributed by atoms with Crippen LogP contribution < -0.4 is 4.90 Å². The van der Waals surface area contributed by atoms with Crippen molar-refractivity contribution in [2.75, 3.05) is 44.2 Å². The Kier molecular flexibility index (Phi) is 4.84. The first-order valence-electron chi connectivity index (χ1n) is 10.1. The Balaban J connectivity index is 1.44. The Hall–Kier alpha value is -2.08. The first-order valence-corrected chi connectivity index (χ1v) is 10.1. The minimum Gasteiger partial charge on any atom is -0.389 e. The molecule has 0 aromatic heterocycles. The highest BCUT2D eigenvalue weighted by atomic mass is 16.3. The highest BCUT2D eigenvalue weighted by Gasteiger charge is 2.46. The van der Waals surface area contributed by atoms with Crippen LogP contribution in [-0.2, 0) is 4.79 Å². The molecule has 3 aliphatic rings. The normalized spacial score (nSPS) is 28.2. The molecule has 0 saturated carbocycles. The van der Waals surface area contributed by atoms with E-state index in [1.54, 1.807) is 11.8 Å². The maximum Gasteiger partial charge on any atom is 0.253 e. The third-order valence-corrected chi connectivity index (χ3v) is 6.59. The number of carbonyl (C=O) groups is 2. The molecule has 3 heterocycles. The zero-order valence-electron chi connectivity index (χ0n) is 16.1. The second-order valence-corrected chi connectivity index (χ2v) is 8.26. The van der Waals surface area contributed by atoms with Crippen LogP contribution in [0, 0.1) is 5.92 Å². The fourth-order valence-electron chi connectivity index (χ4n) is 4.75. The SMILES string of the molecule is CC(=O)N1CCC2(O)CCN(C(=O)c3ccc(N4CCCC4)cc3)CC2C1. The number of aliphatic hydroxyl groups is 1. The molecule has 3 fully saturated rings. The lowest BCUT2D eigenvalue weighted by Crippen LogP contribution is -2.61. The number of nitrogens with zero attached hydrogens (tertiary/aromatic N) is 3. The van der Waals surface area contributed by atoms with Crippen molar-refractivity contribution in [2.24, 2.45) is 5.92 Å². The number of anilines is 1. The van der Waals surface area contributed by atoms with Gasteiger partial charge in [-0.15, -0.1) is 0 Å². The van der Waals surface area contributed by atoms with Gasteiger partial charge in [-0.25, -0.2) is 0 Å². The van der Waals surface area contributed by atoms with Crippen LogP contribution in [-0.4, -0.2) is 71.6 Å². The third kappa shape index (κ3) is 3.55. The summed E-state index contributed by atoms with van der Waals surface area (Å²) >= 11 is 0. The molecule has 6 heteroatoms. The van der Waals surface area contributed by atoms with E-state index in [1.807, 2.05) is 29.2 Å². The van der Waals surface area contributed by atoms with Crippen LogP contribution in [0.3, 0.4) is 0 Å². The Bertz CT molecular complexity index is 714. The topological polar surface area (TPSA) is 64.1 Å². The second kappa shape index (κ2) is 7.15. The van der Waals surface area contributed by atoms with Gasteiger partial charge in [0.05, 0.1) is 5.60 Å². The van der Waals surface area contributed by atoms with Gasteiger partial charge in [0.1, 0.15) is 0 Å². The van der Waals surface area contributed by atoms with Gasteiger partial charge in [0, 0.05) is 63.4 Å². The van der Waals surface area contributed by atoms with E-state index in [2.05, 4.69) is 4.90 Å². The van der Waals surface area contributed by atoms with Crippen LogP contribution in [0.25, 0.3) is 0 Å². The summed E-state index contributed by atoms with van der Waals surface area (Å²) in [5.41, 5.74) is 1.13. The van der Waals surface area contributed by atoms with E-state index in [9.17, 15) is 14.7 Å². The van der Waals surface area contributed by atoms with Crippen LogP contribution in [0.4, 0.5) is 5.69 Å². The molecule has 2 unspecified atom stereocenters. The summed E-state index contributed by atoms with van der Waals surface area (Å²) in [6.45, 7) is 5.96. The van der Waals surface area contributed by atoms with Gasteiger partial charge >= 0.3 is 0 Å². The lowest BCUT2D eigenvalue weighted by Gasteiger charge is -2.50. The molecule has 0 aliphatic carbocycles. The quantitative estimate of drug-likeness (QED) is 0.860. The molecular weight excluding hydrogens is 342 g/mol. The predicted molar refractivity (Wildman–Crippen MR) is 104 cm³/mol. The Labute approximate surface area is 160 Å². The number of hydrogen-bond acceptors (Lipinski definition) is 4. The average molecular weight is 371 g/mol. The molecule has 3 aliphatic heterocycles. The van der Waals surface area contributed by atoms with E-state index in [0.29, 0.717) is 44.6 Å². The van der Waals surface area contributed by atoms with E-state index in [0.717, 1.165) is 13.1 Å². The van der Waals surface area contributed by atoms with Crippen molar-refractivity contribution in [1.29, 1.82) is 0 Å². The Morgan fingerprint density at radius 3 is 2.19 bits per heavy atom. The Morgan fingerprint density at radius 2 is 1.56 bits per heavy atom. The molecule has 4 rings (SSSR count). The summed E-state index contributed by atoms with van der Waals surface area (Å²) in [6, 6.07) is 7.91. The van der Waals surface area contributed by atoms with Crippen molar-refractivity contribution in [3.63, 3.8) is 0 Å². The van der Waals surface area contributed by atoms with Crippen LogP contribution >= 0.6 is 0 Å². The molecule has 2 amide bonds. The number of fused-ring (bicyclic) bond motifs is 1. The molecule has 0 radical (unpaired) electrons. The van der Waals surface area contributed by atoms with Crippen LogP contribution in [0.1, 0.15) is 43.0 Å². The fourth-order valence-corrected chi connectivity index (χ4v) is 4.75. The highest BCUT2D eigenvalue weighted by molar-refractivity contribution is 5.94. The molecule has 146 valence electrons. The zero-order chi connectivity index (χ0) is 19.0. The minimum atomic E-state index is -0.748.